The van der Waals surface area contributed by atoms with Gasteiger partial charge >= 0.3 is 0 Å². The molecule has 80 valence electrons. The van der Waals surface area contributed by atoms with Crippen molar-refractivity contribution in [2.24, 2.45) is 5.92 Å². The molecule has 0 aromatic rings. The summed E-state index contributed by atoms with van der Waals surface area (Å²) in [5.74, 6) is 0.982. The number of hydrogen-bond acceptors (Lipinski definition) is 1. The van der Waals surface area contributed by atoms with Crippen molar-refractivity contribution in [3.63, 3.8) is 0 Å². The van der Waals surface area contributed by atoms with Crippen molar-refractivity contribution in [1.82, 2.24) is 0 Å². The third-order valence-electron chi connectivity index (χ3n) is 4.06. The third kappa shape index (κ3) is 1.82. The summed E-state index contributed by atoms with van der Waals surface area (Å²) in [4.78, 5) is 0. The zero-order valence-corrected chi connectivity index (χ0v) is 9.51. The second-order valence-electron chi connectivity index (χ2n) is 4.93. The van der Waals surface area contributed by atoms with Gasteiger partial charge in [0.1, 0.15) is 5.60 Å². The van der Waals surface area contributed by atoms with Crippen LogP contribution in [0.1, 0.15) is 58.8 Å². The monoisotopic (exact) mass is 194 g/mol. The Labute approximate surface area is 87.5 Å². The van der Waals surface area contributed by atoms with E-state index in [4.69, 9.17) is 4.74 Å². The normalized spacial score (nSPS) is 34.6. The molecule has 1 heteroatoms. The predicted molar refractivity (Wildman–Crippen MR) is 59.1 cm³/mol. The number of fused-ring (bicyclic) bond motifs is 2. The fraction of sp³-hybridized carbons (Fsp3) is 0.846. The van der Waals surface area contributed by atoms with Crippen LogP contribution in [0, 0.1) is 5.92 Å². The second kappa shape index (κ2) is 3.96. The van der Waals surface area contributed by atoms with Gasteiger partial charge in [-0.15, -0.1) is 0 Å². The highest BCUT2D eigenvalue weighted by Crippen LogP contribution is 2.50. The summed E-state index contributed by atoms with van der Waals surface area (Å²) >= 11 is 0. The standard InChI is InChI=1S/C13H22O/c1-3-11(4-2)10-14-13-7-5-12(9-13)6-8-13/h10,12H,3-9H2,1-2H3. The molecule has 2 rings (SSSR count). The molecular weight excluding hydrogens is 172 g/mol. The van der Waals surface area contributed by atoms with Crippen molar-refractivity contribution >= 4 is 0 Å². The smallest absolute Gasteiger partial charge is 0.108 e. The van der Waals surface area contributed by atoms with Gasteiger partial charge in [0.15, 0.2) is 0 Å². The minimum Gasteiger partial charge on any atom is -0.495 e. The lowest BCUT2D eigenvalue weighted by Gasteiger charge is -2.26. The van der Waals surface area contributed by atoms with Crippen molar-refractivity contribution in [1.29, 1.82) is 0 Å². The Kier molecular flexibility index (Phi) is 2.85. The molecule has 0 aromatic carbocycles. The number of allylic oxidation sites excluding steroid dienone is 1. The lowest BCUT2D eigenvalue weighted by molar-refractivity contribution is 0.0304. The van der Waals surface area contributed by atoms with E-state index in [1.54, 1.807) is 0 Å². The number of ether oxygens (including phenoxy) is 1. The minimum absolute atomic E-state index is 0.264. The number of rotatable bonds is 4. The first-order chi connectivity index (χ1) is 6.78. The van der Waals surface area contributed by atoms with Crippen LogP contribution < -0.4 is 0 Å². The molecule has 2 bridgehead atoms. The highest BCUT2D eigenvalue weighted by atomic mass is 16.5. The first-order valence-corrected chi connectivity index (χ1v) is 6.14. The van der Waals surface area contributed by atoms with Gasteiger partial charge in [-0.05, 0) is 56.4 Å². The Hall–Kier alpha value is -0.460. The molecular formula is C13H22O. The van der Waals surface area contributed by atoms with Crippen molar-refractivity contribution in [2.75, 3.05) is 0 Å². The zero-order valence-electron chi connectivity index (χ0n) is 9.51. The van der Waals surface area contributed by atoms with E-state index >= 15 is 0 Å². The average Bonchev–Trinajstić information content (AvgIpc) is 2.79. The van der Waals surface area contributed by atoms with E-state index < -0.39 is 0 Å². The summed E-state index contributed by atoms with van der Waals surface area (Å²) in [6, 6.07) is 0. The summed E-state index contributed by atoms with van der Waals surface area (Å²) in [5, 5.41) is 0. The summed E-state index contributed by atoms with van der Waals surface area (Å²) in [6.07, 6.45) is 11.1. The Morgan fingerprint density at radius 1 is 1.29 bits per heavy atom. The van der Waals surface area contributed by atoms with Gasteiger partial charge in [0, 0.05) is 0 Å². The Bertz CT molecular complexity index is 215. The molecule has 0 aromatic heterocycles. The molecule has 0 amide bonds. The highest BCUT2D eigenvalue weighted by molar-refractivity contribution is 5.02. The van der Waals surface area contributed by atoms with Crippen molar-refractivity contribution in [2.45, 2.75) is 64.4 Å². The molecule has 0 aliphatic heterocycles. The van der Waals surface area contributed by atoms with Crippen LogP contribution in [0.15, 0.2) is 11.8 Å². The van der Waals surface area contributed by atoms with E-state index in [9.17, 15) is 0 Å². The molecule has 0 atom stereocenters. The molecule has 2 saturated carbocycles. The fourth-order valence-corrected chi connectivity index (χ4v) is 2.93. The van der Waals surface area contributed by atoms with E-state index in [-0.39, 0.29) is 5.60 Å². The van der Waals surface area contributed by atoms with Crippen LogP contribution in [0.2, 0.25) is 0 Å². The maximum atomic E-state index is 6.06. The molecule has 0 unspecified atom stereocenters. The van der Waals surface area contributed by atoms with E-state index in [1.165, 1.54) is 37.7 Å². The van der Waals surface area contributed by atoms with Crippen LogP contribution in [0.5, 0.6) is 0 Å². The Morgan fingerprint density at radius 2 is 1.93 bits per heavy atom. The summed E-state index contributed by atoms with van der Waals surface area (Å²) in [6.45, 7) is 4.42. The predicted octanol–water partition coefficient (Wildman–Crippen LogP) is 4.04. The fourth-order valence-electron chi connectivity index (χ4n) is 2.93. The first-order valence-electron chi connectivity index (χ1n) is 6.14. The van der Waals surface area contributed by atoms with Crippen LogP contribution in [0.4, 0.5) is 0 Å². The van der Waals surface area contributed by atoms with Crippen LogP contribution in [0.25, 0.3) is 0 Å². The lowest BCUT2D eigenvalue weighted by atomic mass is 9.97. The molecule has 0 heterocycles. The average molecular weight is 194 g/mol. The third-order valence-corrected chi connectivity index (χ3v) is 4.06. The van der Waals surface area contributed by atoms with Gasteiger partial charge in [-0.2, -0.15) is 0 Å². The van der Waals surface area contributed by atoms with E-state index in [1.807, 2.05) is 0 Å². The second-order valence-corrected chi connectivity index (χ2v) is 4.93. The van der Waals surface area contributed by atoms with Gasteiger partial charge in [0.2, 0.25) is 0 Å². The molecule has 0 N–H and O–H groups in total. The summed E-state index contributed by atoms with van der Waals surface area (Å²) in [5.41, 5.74) is 1.72. The topological polar surface area (TPSA) is 9.23 Å². The number of hydrogen-bond donors (Lipinski definition) is 0. The Morgan fingerprint density at radius 3 is 2.36 bits per heavy atom. The van der Waals surface area contributed by atoms with Gasteiger partial charge in [-0.25, -0.2) is 0 Å². The largest absolute Gasteiger partial charge is 0.495 e. The summed E-state index contributed by atoms with van der Waals surface area (Å²) < 4.78 is 6.06. The molecule has 1 nitrogen and oxygen atoms in total. The van der Waals surface area contributed by atoms with Crippen molar-refractivity contribution in [3.05, 3.63) is 11.8 Å². The van der Waals surface area contributed by atoms with E-state index in [0.29, 0.717) is 0 Å². The maximum Gasteiger partial charge on any atom is 0.108 e. The molecule has 0 spiro atoms. The van der Waals surface area contributed by atoms with Gasteiger partial charge in [-0.1, -0.05) is 13.8 Å². The van der Waals surface area contributed by atoms with Gasteiger partial charge in [0.05, 0.1) is 6.26 Å². The van der Waals surface area contributed by atoms with Gasteiger partial charge < -0.3 is 4.74 Å². The van der Waals surface area contributed by atoms with Crippen LogP contribution in [-0.4, -0.2) is 5.60 Å². The van der Waals surface area contributed by atoms with E-state index in [0.717, 1.165) is 18.8 Å². The molecule has 2 fully saturated rings. The molecule has 0 radical (unpaired) electrons. The lowest BCUT2D eigenvalue weighted by Crippen LogP contribution is -2.24. The first kappa shape index (κ1) is 10.1. The molecule has 14 heavy (non-hydrogen) atoms. The SMILES string of the molecule is CCC(=COC12CCC(CC1)C2)CC. The van der Waals surface area contributed by atoms with Gasteiger partial charge in [0.25, 0.3) is 0 Å². The minimum atomic E-state index is 0.264. The Balaban J connectivity index is 1.93. The zero-order chi connectivity index (χ0) is 10.0. The molecule has 0 saturated heterocycles. The van der Waals surface area contributed by atoms with E-state index in [2.05, 4.69) is 20.1 Å². The van der Waals surface area contributed by atoms with Crippen molar-refractivity contribution < 1.29 is 4.74 Å². The van der Waals surface area contributed by atoms with Gasteiger partial charge in [-0.3, -0.25) is 0 Å². The van der Waals surface area contributed by atoms with Crippen molar-refractivity contribution in [3.8, 4) is 0 Å². The highest BCUT2D eigenvalue weighted by Gasteiger charge is 2.46. The van der Waals surface area contributed by atoms with Crippen LogP contribution in [-0.2, 0) is 4.74 Å². The van der Waals surface area contributed by atoms with Crippen LogP contribution in [0.3, 0.4) is 0 Å². The molecule has 2 aliphatic carbocycles. The quantitative estimate of drug-likeness (QED) is 0.614. The maximum absolute atomic E-state index is 6.06. The summed E-state index contributed by atoms with van der Waals surface area (Å²) in [7, 11) is 0. The molecule has 2 aliphatic rings. The van der Waals surface area contributed by atoms with Crippen LogP contribution >= 0.6 is 0 Å².